The second-order valence-corrected chi connectivity index (χ2v) is 4.47. The first-order valence-electron chi connectivity index (χ1n) is 6.13. The quantitative estimate of drug-likeness (QED) is 0.488. The van der Waals surface area contributed by atoms with Crippen molar-refractivity contribution in [1.82, 2.24) is 10.2 Å². The Labute approximate surface area is 102 Å². The fourth-order valence-corrected chi connectivity index (χ4v) is 1.96. The van der Waals surface area contributed by atoms with E-state index in [1.165, 1.54) is 12.8 Å². The zero-order valence-electron chi connectivity index (χ0n) is 10.2. The lowest BCUT2D eigenvalue weighted by Gasteiger charge is -2.15. The van der Waals surface area contributed by atoms with E-state index in [-0.39, 0.29) is 12.3 Å². The minimum absolute atomic E-state index is 0.0992. The molecule has 1 heterocycles. The zero-order chi connectivity index (χ0) is 12.7. The molecule has 0 aromatic heterocycles. The molecule has 0 radical (unpaired) electrons. The molecule has 1 atom stereocenters. The molecule has 0 aliphatic carbocycles. The van der Waals surface area contributed by atoms with Gasteiger partial charge < -0.3 is 21.7 Å². The number of nitrogens with two attached hydrogens (primary N) is 2. The van der Waals surface area contributed by atoms with Gasteiger partial charge in [-0.2, -0.15) is 0 Å². The van der Waals surface area contributed by atoms with Gasteiger partial charge in [-0.1, -0.05) is 0 Å². The summed E-state index contributed by atoms with van der Waals surface area (Å²) in [5, 5.41) is 2.71. The molecule has 1 aliphatic heterocycles. The Hall–Kier alpha value is -1.14. The Bertz CT molecular complexity index is 264. The van der Waals surface area contributed by atoms with Crippen LogP contribution in [0.4, 0.5) is 0 Å². The highest BCUT2D eigenvalue weighted by molar-refractivity contribution is 5.87. The Balaban J connectivity index is 2.04. The van der Waals surface area contributed by atoms with Crippen molar-refractivity contribution in [2.75, 3.05) is 26.2 Å². The molecule has 98 valence electrons. The van der Waals surface area contributed by atoms with E-state index in [0.29, 0.717) is 6.54 Å². The number of rotatable bonds is 7. The highest BCUT2D eigenvalue weighted by atomic mass is 16.2. The highest BCUT2D eigenvalue weighted by Crippen LogP contribution is 2.06. The number of nitrogens with zero attached hydrogens (tertiary/aromatic N) is 1. The van der Waals surface area contributed by atoms with Gasteiger partial charge >= 0.3 is 0 Å². The molecule has 1 rings (SSSR count). The summed E-state index contributed by atoms with van der Waals surface area (Å²) in [6.07, 6.45) is 3.36. The Morgan fingerprint density at radius 1 is 1.29 bits per heavy atom. The third-order valence-electron chi connectivity index (χ3n) is 2.91. The molecule has 0 bridgehead atoms. The van der Waals surface area contributed by atoms with E-state index in [0.717, 1.165) is 26.1 Å². The van der Waals surface area contributed by atoms with E-state index < -0.39 is 11.9 Å². The average molecular weight is 242 g/mol. The maximum atomic E-state index is 11.4. The van der Waals surface area contributed by atoms with Crippen LogP contribution in [0.15, 0.2) is 0 Å². The fraction of sp³-hybridized carbons (Fsp3) is 0.818. The van der Waals surface area contributed by atoms with Crippen molar-refractivity contribution in [3.05, 3.63) is 0 Å². The van der Waals surface area contributed by atoms with Gasteiger partial charge in [-0.3, -0.25) is 9.59 Å². The van der Waals surface area contributed by atoms with Crippen LogP contribution >= 0.6 is 0 Å². The Morgan fingerprint density at radius 3 is 2.53 bits per heavy atom. The number of carbonyl (C=O) groups is 2. The van der Waals surface area contributed by atoms with E-state index in [9.17, 15) is 9.59 Å². The standard InChI is InChI=1S/C11H22N4O2/c12-9(8-10(13)16)11(17)14-4-3-7-15-5-1-2-6-15/h9H,1-8,12H2,(H2,13,16)(H,14,17). The number of carbonyl (C=O) groups excluding carboxylic acids is 2. The zero-order valence-corrected chi connectivity index (χ0v) is 10.2. The van der Waals surface area contributed by atoms with Crippen LogP contribution in [0.2, 0.25) is 0 Å². The van der Waals surface area contributed by atoms with Crippen LogP contribution in [0.25, 0.3) is 0 Å². The molecule has 6 heteroatoms. The second-order valence-electron chi connectivity index (χ2n) is 4.47. The number of likely N-dealkylation sites (tertiary alicyclic amines) is 1. The molecule has 1 saturated heterocycles. The molecular weight excluding hydrogens is 220 g/mol. The predicted octanol–water partition coefficient (Wildman–Crippen LogP) is -1.21. The normalized spacial score (nSPS) is 17.9. The molecule has 0 saturated carbocycles. The first-order chi connectivity index (χ1) is 8.09. The third-order valence-corrected chi connectivity index (χ3v) is 2.91. The van der Waals surface area contributed by atoms with Crippen LogP contribution in [-0.2, 0) is 9.59 Å². The van der Waals surface area contributed by atoms with E-state index in [2.05, 4.69) is 10.2 Å². The molecule has 6 nitrogen and oxygen atoms in total. The summed E-state index contributed by atoms with van der Waals surface area (Å²) in [5.74, 6) is -0.852. The van der Waals surface area contributed by atoms with E-state index >= 15 is 0 Å². The predicted molar refractivity (Wildman–Crippen MR) is 65.1 cm³/mol. The summed E-state index contributed by atoms with van der Waals surface area (Å²) in [4.78, 5) is 24.4. The lowest BCUT2D eigenvalue weighted by atomic mass is 10.2. The molecule has 0 spiro atoms. The lowest BCUT2D eigenvalue weighted by molar-refractivity contribution is -0.126. The summed E-state index contributed by atoms with van der Waals surface area (Å²) < 4.78 is 0. The van der Waals surface area contributed by atoms with Crippen LogP contribution in [-0.4, -0.2) is 48.9 Å². The van der Waals surface area contributed by atoms with Crippen LogP contribution in [0.5, 0.6) is 0 Å². The maximum absolute atomic E-state index is 11.4. The van der Waals surface area contributed by atoms with Gasteiger partial charge in [0.1, 0.15) is 0 Å². The summed E-state index contributed by atoms with van der Waals surface area (Å²) in [6.45, 7) is 3.93. The van der Waals surface area contributed by atoms with E-state index in [4.69, 9.17) is 11.5 Å². The number of amides is 2. The Kier molecular flexibility index (Phi) is 5.93. The van der Waals surface area contributed by atoms with Crippen molar-refractivity contribution in [3.63, 3.8) is 0 Å². The van der Waals surface area contributed by atoms with Crippen molar-refractivity contribution in [2.45, 2.75) is 31.7 Å². The minimum Gasteiger partial charge on any atom is -0.370 e. The molecule has 2 amide bonds. The summed E-state index contributed by atoms with van der Waals surface area (Å²) in [7, 11) is 0. The number of nitrogens with one attached hydrogen (secondary N) is 1. The fourth-order valence-electron chi connectivity index (χ4n) is 1.96. The second kappa shape index (κ2) is 7.24. The highest BCUT2D eigenvalue weighted by Gasteiger charge is 2.15. The van der Waals surface area contributed by atoms with Gasteiger partial charge in [0.15, 0.2) is 0 Å². The van der Waals surface area contributed by atoms with Gasteiger partial charge in [-0.25, -0.2) is 0 Å². The summed E-state index contributed by atoms with van der Waals surface area (Å²) in [6, 6.07) is -0.820. The van der Waals surface area contributed by atoms with Crippen molar-refractivity contribution in [1.29, 1.82) is 0 Å². The van der Waals surface area contributed by atoms with Gasteiger partial charge in [0, 0.05) is 6.54 Å². The van der Waals surface area contributed by atoms with Crippen molar-refractivity contribution < 1.29 is 9.59 Å². The number of hydrogen-bond donors (Lipinski definition) is 3. The SMILES string of the molecule is NC(=O)CC(N)C(=O)NCCCN1CCCC1. The van der Waals surface area contributed by atoms with E-state index in [1.54, 1.807) is 0 Å². The monoisotopic (exact) mass is 242 g/mol. The smallest absolute Gasteiger partial charge is 0.237 e. The van der Waals surface area contributed by atoms with Crippen LogP contribution in [0, 0.1) is 0 Å². The molecule has 1 aliphatic rings. The molecule has 0 aromatic rings. The Morgan fingerprint density at radius 2 is 1.94 bits per heavy atom. The first-order valence-corrected chi connectivity index (χ1v) is 6.13. The first kappa shape index (κ1) is 13.9. The molecule has 1 fully saturated rings. The molecule has 0 aromatic carbocycles. The molecular formula is C11H22N4O2. The largest absolute Gasteiger partial charge is 0.370 e. The summed E-state index contributed by atoms with van der Waals surface area (Å²) in [5.41, 5.74) is 10.5. The number of hydrogen-bond acceptors (Lipinski definition) is 4. The van der Waals surface area contributed by atoms with Gasteiger partial charge in [-0.15, -0.1) is 0 Å². The van der Waals surface area contributed by atoms with Gasteiger partial charge in [0.05, 0.1) is 12.5 Å². The number of primary amides is 1. The van der Waals surface area contributed by atoms with Gasteiger partial charge in [-0.05, 0) is 38.9 Å². The summed E-state index contributed by atoms with van der Waals surface area (Å²) >= 11 is 0. The van der Waals surface area contributed by atoms with Crippen molar-refractivity contribution in [3.8, 4) is 0 Å². The van der Waals surface area contributed by atoms with Crippen molar-refractivity contribution >= 4 is 11.8 Å². The van der Waals surface area contributed by atoms with Crippen LogP contribution < -0.4 is 16.8 Å². The lowest BCUT2D eigenvalue weighted by Crippen LogP contribution is -2.43. The van der Waals surface area contributed by atoms with Crippen LogP contribution in [0.3, 0.4) is 0 Å². The van der Waals surface area contributed by atoms with Crippen molar-refractivity contribution in [2.24, 2.45) is 11.5 Å². The van der Waals surface area contributed by atoms with Gasteiger partial charge in [0.2, 0.25) is 11.8 Å². The molecule has 5 N–H and O–H groups in total. The van der Waals surface area contributed by atoms with Gasteiger partial charge in [0.25, 0.3) is 0 Å². The van der Waals surface area contributed by atoms with Crippen LogP contribution in [0.1, 0.15) is 25.7 Å². The third kappa shape index (κ3) is 5.65. The van der Waals surface area contributed by atoms with E-state index in [1.807, 2.05) is 0 Å². The molecule has 17 heavy (non-hydrogen) atoms. The average Bonchev–Trinajstić information content (AvgIpc) is 2.75. The molecule has 1 unspecified atom stereocenters. The maximum Gasteiger partial charge on any atom is 0.237 e. The topological polar surface area (TPSA) is 101 Å². The minimum atomic E-state index is -0.820.